The van der Waals surface area contributed by atoms with Crippen LogP contribution in [0.2, 0.25) is 0 Å². The van der Waals surface area contributed by atoms with Crippen LogP contribution in [-0.4, -0.2) is 58.5 Å². The normalized spacial score (nSPS) is 9.55. The summed E-state index contributed by atoms with van der Waals surface area (Å²) in [5, 5.41) is 39.7. The van der Waals surface area contributed by atoms with Crippen molar-refractivity contribution in [1.82, 2.24) is 0 Å². The maximum Gasteiger partial charge on any atom is 0.305 e. The molecule has 216 valence electrons. The van der Waals surface area contributed by atoms with Gasteiger partial charge in [0.05, 0.1) is 40.6 Å². The number of ether oxygens (including phenoxy) is 2. The molecule has 0 saturated heterocycles. The topological polar surface area (TPSA) is 172 Å². The number of nitrogens with two attached hydrogens (primary N) is 1. The molecule has 0 atom stereocenters. The second-order valence-electron chi connectivity index (χ2n) is 7.73. The number of anilines is 2. The van der Waals surface area contributed by atoms with Crippen molar-refractivity contribution >= 4 is 39.2 Å². The molecule has 0 amide bonds. The molecule has 0 aliphatic rings. The van der Waals surface area contributed by atoms with Gasteiger partial charge in [0.15, 0.2) is 0 Å². The van der Waals surface area contributed by atoms with Crippen molar-refractivity contribution in [3.63, 3.8) is 0 Å². The number of hydrogen-bond acceptors (Lipinski definition) is 10. The highest BCUT2D eigenvalue weighted by atomic mass is 79.9. The maximum atomic E-state index is 10.9. The van der Waals surface area contributed by atoms with Crippen LogP contribution in [0.5, 0.6) is 0 Å². The van der Waals surface area contributed by atoms with Crippen molar-refractivity contribution in [2.75, 3.05) is 37.1 Å². The zero-order chi connectivity index (χ0) is 28.1. The van der Waals surface area contributed by atoms with E-state index >= 15 is 0 Å². The van der Waals surface area contributed by atoms with Crippen LogP contribution in [0.1, 0.15) is 55.4 Å². The minimum atomic E-state index is -0.225. The number of aliphatic hydroxyl groups is 4. The predicted molar refractivity (Wildman–Crippen MR) is 153 cm³/mol. The van der Waals surface area contributed by atoms with Gasteiger partial charge in [-0.05, 0) is 59.4 Å². The van der Waals surface area contributed by atoms with Crippen LogP contribution in [0.25, 0.3) is 0 Å². The van der Waals surface area contributed by atoms with Crippen molar-refractivity contribution in [3.05, 3.63) is 58.7 Å². The first kappa shape index (κ1) is 37.5. The molecule has 0 bridgehead atoms. The molecule has 0 aliphatic heterocycles. The number of alkyl halides is 1. The summed E-state index contributed by atoms with van der Waals surface area (Å²) >= 11 is 3.20. The van der Waals surface area contributed by atoms with Gasteiger partial charge in [-0.15, -0.1) is 0 Å². The highest BCUT2D eigenvalue weighted by Gasteiger charge is 2.02. The number of methoxy groups -OCH3 is 2. The number of esters is 2. The molecule has 0 unspecified atom stereocenters. The summed E-state index contributed by atoms with van der Waals surface area (Å²) in [6.07, 6.45) is 2.41. The molecule has 0 radical (unpaired) electrons. The fraction of sp³-hybridized carbons (Fsp3) is 0.481. The van der Waals surface area contributed by atoms with Crippen molar-refractivity contribution in [1.29, 1.82) is 0 Å². The van der Waals surface area contributed by atoms with Crippen molar-refractivity contribution in [2.24, 2.45) is 0 Å². The molecule has 2 aromatic rings. The van der Waals surface area contributed by atoms with Crippen LogP contribution in [0.4, 0.5) is 11.4 Å². The Morgan fingerprint density at radius 2 is 1.16 bits per heavy atom. The number of nitrogens with one attached hydrogen (secondary N) is 1. The monoisotopic (exact) mass is 602 g/mol. The number of carbonyl (C=O) groups is 2. The van der Waals surface area contributed by atoms with Crippen LogP contribution in [0.3, 0.4) is 0 Å². The van der Waals surface area contributed by atoms with Gasteiger partial charge < -0.3 is 41.0 Å². The lowest BCUT2D eigenvalue weighted by Crippen LogP contribution is -2.07. The third-order valence-corrected chi connectivity index (χ3v) is 5.28. The molecular formula is C27H43BrN2O8. The van der Waals surface area contributed by atoms with E-state index in [0.717, 1.165) is 39.7 Å². The standard InChI is InChI=1S/C13H19NO4.C8H11NO2.C5H9BrO2.CH4/c1-18-13(17)3-2-4-14-12-6-10(8-15)5-11(7-12)9-16;9-8-2-6(4-10)1-7(3-8)5-11;1-8-5(7)3-2-4-6;/h5-7,14-16H,2-4,8-9H2,1H3;1-3,10-11H,4-5,9H2;2-4H2,1H3;1H4. The summed E-state index contributed by atoms with van der Waals surface area (Å²) in [5.41, 5.74) is 9.84. The minimum Gasteiger partial charge on any atom is -0.469 e. The van der Waals surface area contributed by atoms with E-state index in [1.165, 1.54) is 14.2 Å². The lowest BCUT2D eigenvalue weighted by Gasteiger charge is -2.09. The van der Waals surface area contributed by atoms with Gasteiger partial charge >= 0.3 is 11.9 Å². The predicted octanol–water partition coefficient (Wildman–Crippen LogP) is 3.26. The van der Waals surface area contributed by atoms with E-state index in [-0.39, 0.29) is 45.8 Å². The second-order valence-corrected chi connectivity index (χ2v) is 8.52. The molecular weight excluding hydrogens is 560 g/mol. The Labute approximate surface area is 233 Å². The Bertz CT molecular complexity index is 883. The van der Waals surface area contributed by atoms with Gasteiger partial charge in [0.1, 0.15) is 0 Å². The lowest BCUT2D eigenvalue weighted by atomic mass is 10.1. The molecule has 38 heavy (non-hydrogen) atoms. The molecule has 0 heterocycles. The second kappa shape index (κ2) is 23.4. The van der Waals surface area contributed by atoms with Crippen LogP contribution < -0.4 is 11.1 Å². The van der Waals surface area contributed by atoms with Gasteiger partial charge in [0, 0.05) is 36.1 Å². The summed E-state index contributed by atoms with van der Waals surface area (Å²) in [5.74, 6) is -0.360. The van der Waals surface area contributed by atoms with E-state index in [1.807, 2.05) is 12.1 Å². The van der Waals surface area contributed by atoms with Crippen LogP contribution in [0, 0.1) is 0 Å². The average Bonchev–Trinajstić information content (AvgIpc) is 2.93. The zero-order valence-corrected chi connectivity index (χ0v) is 23.0. The molecule has 0 aliphatic carbocycles. The number of halogens is 1. The van der Waals surface area contributed by atoms with E-state index < -0.39 is 0 Å². The number of rotatable bonds is 12. The molecule has 7 N–H and O–H groups in total. The Morgan fingerprint density at radius 3 is 1.53 bits per heavy atom. The zero-order valence-electron chi connectivity index (χ0n) is 21.4. The Hall–Kier alpha value is -2.70. The highest BCUT2D eigenvalue weighted by Crippen LogP contribution is 2.15. The van der Waals surface area contributed by atoms with E-state index in [9.17, 15) is 9.59 Å². The molecule has 0 fully saturated rings. The van der Waals surface area contributed by atoms with Crippen LogP contribution in [-0.2, 0) is 45.5 Å². The van der Waals surface area contributed by atoms with Gasteiger partial charge in [-0.1, -0.05) is 35.5 Å². The first-order valence-corrected chi connectivity index (χ1v) is 12.8. The van der Waals surface area contributed by atoms with Gasteiger partial charge in [0.2, 0.25) is 0 Å². The lowest BCUT2D eigenvalue weighted by molar-refractivity contribution is -0.141. The summed E-state index contributed by atoms with van der Waals surface area (Å²) < 4.78 is 8.94. The van der Waals surface area contributed by atoms with Crippen LogP contribution in [0.15, 0.2) is 36.4 Å². The summed E-state index contributed by atoms with van der Waals surface area (Å²) in [7, 11) is 2.77. The summed E-state index contributed by atoms with van der Waals surface area (Å²) in [4.78, 5) is 21.2. The van der Waals surface area contributed by atoms with Gasteiger partial charge in [-0.3, -0.25) is 9.59 Å². The van der Waals surface area contributed by atoms with Crippen LogP contribution >= 0.6 is 15.9 Å². The number of benzene rings is 2. The van der Waals surface area contributed by atoms with Crippen molar-refractivity contribution in [3.8, 4) is 0 Å². The third-order valence-electron chi connectivity index (χ3n) is 4.71. The van der Waals surface area contributed by atoms with E-state index in [4.69, 9.17) is 26.2 Å². The van der Waals surface area contributed by atoms with Crippen molar-refractivity contribution in [2.45, 2.75) is 59.5 Å². The molecule has 2 aromatic carbocycles. The van der Waals surface area contributed by atoms with E-state index in [2.05, 4.69) is 30.7 Å². The average molecular weight is 604 g/mol. The van der Waals surface area contributed by atoms with Gasteiger partial charge in [-0.2, -0.15) is 0 Å². The Balaban J connectivity index is 0. The summed E-state index contributed by atoms with van der Waals surface area (Å²) in [6, 6.07) is 10.5. The summed E-state index contributed by atoms with van der Waals surface area (Å²) in [6.45, 7) is 0.417. The molecule has 0 aromatic heterocycles. The fourth-order valence-corrected chi connectivity index (χ4v) is 3.18. The van der Waals surface area contributed by atoms with Gasteiger partial charge in [-0.25, -0.2) is 0 Å². The highest BCUT2D eigenvalue weighted by molar-refractivity contribution is 9.09. The van der Waals surface area contributed by atoms with Gasteiger partial charge in [0.25, 0.3) is 0 Å². The number of aliphatic hydroxyl groups excluding tert-OH is 4. The smallest absolute Gasteiger partial charge is 0.305 e. The largest absolute Gasteiger partial charge is 0.469 e. The van der Waals surface area contributed by atoms with Crippen molar-refractivity contribution < 1.29 is 39.5 Å². The maximum absolute atomic E-state index is 10.9. The number of hydrogen-bond donors (Lipinski definition) is 6. The fourth-order valence-electron chi connectivity index (χ4n) is 2.90. The minimum absolute atomic E-state index is 0. The Morgan fingerprint density at radius 1 is 0.763 bits per heavy atom. The van der Waals surface area contributed by atoms with E-state index in [0.29, 0.717) is 31.5 Å². The SMILES string of the molecule is C.COC(=O)CCCBr.COC(=O)CCCNc1cc(CO)cc(CO)c1.Nc1cc(CO)cc(CO)c1. The quantitative estimate of drug-likeness (QED) is 0.0916. The molecule has 2 rings (SSSR count). The Kier molecular flexibility index (Phi) is 23.1. The number of nitrogen functional groups attached to an aromatic ring is 1. The third kappa shape index (κ3) is 17.7. The number of carbonyl (C=O) groups excluding carboxylic acids is 2. The first-order valence-electron chi connectivity index (χ1n) is 11.6. The van der Waals surface area contributed by atoms with E-state index in [1.54, 1.807) is 24.3 Å². The molecule has 0 saturated carbocycles. The molecule has 10 nitrogen and oxygen atoms in total. The molecule has 0 spiro atoms. The molecule has 11 heteroatoms. The first-order chi connectivity index (χ1) is 17.8.